The standard InChI is InChI=1S/C24H27ClN4O2/c1-17-15-21(30)22(24(31)29(17)16-20-5-3-4-10-26-20)23(18-6-8-19(25)9-7-18)28-13-11-27(2)12-14-28/h3-10,15,23,30H,11-14,16H2,1-2H3. The average Bonchev–Trinajstić information content (AvgIpc) is 2.76. The quantitative estimate of drug-likeness (QED) is 0.662. The molecule has 4 rings (SSSR count). The SMILES string of the molecule is Cc1cc(O)c(C(c2ccc(Cl)cc2)N2CCN(C)CC2)c(=O)n1Cc1ccccn1. The van der Waals surface area contributed by atoms with Crippen LogP contribution in [0.1, 0.15) is 28.6 Å². The van der Waals surface area contributed by atoms with Crippen molar-refractivity contribution in [1.29, 1.82) is 0 Å². The van der Waals surface area contributed by atoms with E-state index in [0.29, 0.717) is 22.8 Å². The molecule has 1 N–H and O–H groups in total. The molecule has 7 heteroatoms. The molecule has 0 saturated carbocycles. The highest BCUT2D eigenvalue weighted by Gasteiger charge is 2.31. The number of aromatic nitrogens is 2. The van der Waals surface area contributed by atoms with Crippen LogP contribution in [0.2, 0.25) is 5.02 Å². The highest BCUT2D eigenvalue weighted by atomic mass is 35.5. The molecule has 0 amide bonds. The molecule has 2 aromatic heterocycles. The smallest absolute Gasteiger partial charge is 0.260 e. The molecule has 1 aliphatic heterocycles. The van der Waals surface area contributed by atoms with E-state index in [1.807, 2.05) is 49.4 Å². The fourth-order valence-electron chi connectivity index (χ4n) is 4.16. The molecule has 31 heavy (non-hydrogen) atoms. The predicted octanol–water partition coefficient (Wildman–Crippen LogP) is 3.30. The van der Waals surface area contributed by atoms with Crippen molar-refractivity contribution in [1.82, 2.24) is 19.4 Å². The second-order valence-corrected chi connectivity index (χ2v) is 8.53. The summed E-state index contributed by atoms with van der Waals surface area (Å²) < 4.78 is 1.69. The first-order chi connectivity index (χ1) is 14.9. The van der Waals surface area contributed by atoms with E-state index in [2.05, 4.69) is 21.8 Å². The molecule has 3 heterocycles. The van der Waals surface area contributed by atoms with Gasteiger partial charge in [-0.3, -0.25) is 14.7 Å². The largest absolute Gasteiger partial charge is 0.507 e. The fraction of sp³-hybridized carbons (Fsp3) is 0.333. The minimum absolute atomic E-state index is 0.0265. The molecule has 0 bridgehead atoms. The van der Waals surface area contributed by atoms with E-state index < -0.39 is 0 Å². The summed E-state index contributed by atoms with van der Waals surface area (Å²) in [6, 6.07) is 14.5. The van der Waals surface area contributed by atoms with Crippen molar-refractivity contribution < 1.29 is 5.11 Å². The number of rotatable bonds is 5. The lowest BCUT2D eigenvalue weighted by molar-refractivity contribution is 0.125. The fourth-order valence-corrected chi connectivity index (χ4v) is 4.29. The number of likely N-dealkylation sites (N-methyl/N-ethyl adjacent to an activating group) is 1. The zero-order valence-electron chi connectivity index (χ0n) is 17.8. The van der Waals surface area contributed by atoms with Crippen LogP contribution in [0.5, 0.6) is 5.75 Å². The lowest BCUT2D eigenvalue weighted by atomic mass is 9.96. The van der Waals surface area contributed by atoms with Crippen LogP contribution in [0.4, 0.5) is 0 Å². The van der Waals surface area contributed by atoms with Gasteiger partial charge in [0.15, 0.2) is 0 Å². The van der Waals surface area contributed by atoms with E-state index in [9.17, 15) is 9.90 Å². The minimum atomic E-state index is -0.353. The molecular formula is C24H27ClN4O2. The Bertz CT molecular complexity index is 1090. The molecule has 6 nitrogen and oxygen atoms in total. The Morgan fingerprint density at radius 3 is 2.45 bits per heavy atom. The van der Waals surface area contributed by atoms with Gasteiger partial charge in [-0.05, 0) is 49.9 Å². The Morgan fingerprint density at radius 2 is 1.81 bits per heavy atom. The van der Waals surface area contributed by atoms with Gasteiger partial charge in [0, 0.05) is 43.1 Å². The molecule has 1 aliphatic rings. The van der Waals surface area contributed by atoms with Crippen molar-refractivity contribution in [2.75, 3.05) is 33.2 Å². The molecule has 0 aliphatic carbocycles. The van der Waals surface area contributed by atoms with Gasteiger partial charge in [-0.25, -0.2) is 0 Å². The van der Waals surface area contributed by atoms with Gasteiger partial charge >= 0.3 is 0 Å². The average molecular weight is 439 g/mol. The van der Waals surface area contributed by atoms with E-state index >= 15 is 0 Å². The lowest BCUT2D eigenvalue weighted by Gasteiger charge is -2.38. The minimum Gasteiger partial charge on any atom is -0.507 e. The summed E-state index contributed by atoms with van der Waals surface area (Å²) in [5.41, 5.74) is 2.64. The van der Waals surface area contributed by atoms with E-state index in [-0.39, 0.29) is 17.4 Å². The maximum Gasteiger partial charge on any atom is 0.260 e. The summed E-state index contributed by atoms with van der Waals surface area (Å²) in [7, 11) is 2.10. The summed E-state index contributed by atoms with van der Waals surface area (Å²) in [5, 5.41) is 11.6. The number of hydrogen-bond acceptors (Lipinski definition) is 5. The molecule has 1 saturated heterocycles. The van der Waals surface area contributed by atoms with Crippen molar-refractivity contribution in [3.05, 3.63) is 92.6 Å². The number of aromatic hydroxyl groups is 1. The zero-order valence-corrected chi connectivity index (χ0v) is 18.6. The van der Waals surface area contributed by atoms with E-state index in [1.165, 1.54) is 0 Å². The molecule has 1 atom stereocenters. The molecule has 1 aromatic carbocycles. The first-order valence-corrected chi connectivity index (χ1v) is 10.8. The van der Waals surface area contributed by atoms with Crippen molar-refractivity contribution in [2.45, 2.75) is 19.5 Å². The van der Waals surface area contributed by atoms with E-state index in [4.69, 9.17) is 11.6 Å². The highest BCUT2D eigenvalue weighted by molar-refractivity contribution is 6.30. The van der Waals surface area contributed by atoms with Crippen molar-refractivity contribution in [3.63, 3.8) is 0 Å². The third kappa shape index (κ3) is 4.66. The molecule has 0 spiro atoms. The second-order valence-electron chi connectivity index (χ2n) is 8.09. The van der Waals surface area contributed by atoms with Crippen molar-refractivity contribution in [2.24, 2.45) is 0 Å². The van der Waals surface area contributed by atoms with Crippen LogP contribution >= 0.6 is 11.6 Å². The van der Waals surface area contributed by atoms with Gasteiger partial charge in [-0.2, -0.15) is 0 Å². The third-order valence-corrected chi connectivity index (χ3v) is 6.18. The first kappa shape index (κ1) is 21.6. The molecule has 1 unspecified atom stereocenters. The number of aryl methyl sites for hydroxylation is 1. The first-order valence-electron chi connectivity index (χ1n) is 10.5. The summed E-state index contributed by atoms with van der Waals surface area (Å²) in [6.07, 6.45) is 1.72. The van der Waals surface area contributed by atoms with Crippen LogP contribution < -0.4 is 5.56 Å². The molecule has 162 valence electrons. The number of nitrogens with zero attached hydrogens (tertiary/aromatic N) is 4. The Balaban J connectivity index is 1.83. The van der Waals surface area contributed by atoms with Gasteiger partial charge in [-0.1, -0.05) is 29.8 Å². The van der Waals surface area contributed by atoms with Gasteiger partial charge in [0.2, 0.25) is 0 Å². The Labute approximate surface area is 187 Å². The molecule has 3 aromatic rings. The summed E-state index contributed by atoms with van der Waals surface area (Å²) >= 11 is 6.12. The Morgan fingerprint density at radius 1 is 1.10 bits per heavy atom. The highest BCUT2D eigenvalue weighted by Crippen LogP contribution is 2.33. The maximum absolute atomic E-state index is 13.7. The molecular weight excluding hydrogens is 412 g/mol. The zero-order chi connectivity index (χ0) is 22.0. The number of pyridine rings is 2. The van der Waals surface area contributed by atoms with E-state index in [0.717, 1.165) is 37.4 Å². The van der Waals surface area contributed by atoms with Crippen LogP contribution in [0.25, 0.3) is 0 Å². The van der Waals surface area contributed by atoms with Gasteiger partial charge in [0.25, 0.3) is 5.56 Å². The summed E-state index contributed by atoms with van der Waals surface area (Å²) in [5.74, 6) is 0.0265. The number of benzene rings is 1. The van der Waals surface area contributed by atoms with Gasteiger partial charge in [-0.15, -0.1) is 0 Å². The lowest BCUT2D eigenvalue weighted by Crippen LogP contribution is -2.47. The maximum atomic E-state index is 13.7. The molecule has 0 radical (unpaired) electrons. The summed E-state index contributed by atoms with van der Waals surface area (Å²) in [4.78, 5) is 22.6. The van der Waals surface area contributed by atoms with Crippen LogP contribution in [-0.2, 0) is 6.54 Å². The molecule has 1 fully saturated rings. The topological polar surface area (TPSA) is 61.6 Å². The monoisotopic (exact) mass is 438 g/mol. The van der Waals surface area contributed by atoms with E-state index in [1.54, 1.807) is 16.8 Å². The van der Waals surface area contributed by atoms with Crippen LogP contribution in [-0.4, -0.2) is 57.7 Å². The van der Waals surface area contributed by atoms with Gasteiger partial charge in [0.05, 0.1) is 23.8 Å². The Kier molecular flexibility index (Phi) is 6.41. The third-order valence-electron chi connectivity index (χ3n) is 5.93. The second kappa shape index (κ2) is 9.22. The van der Waals surface area contributed by atoms with Gasteiger partial charge in [0.1, 0.15) is 5.75 Å². The Hall–Kier alpha value is -2.67. The van der Waals surface area contributed by atoms with Crippen LogP contribution in [0.3, 0.4) is 0 Å². The number of hydrogen-bond donors (Lipinski definition) is 1. The van der Waals surface area contributed by atoms with Crippen LogP contribution in [0.15, 0.2) is 59.5 Å². The predicted molar refractivity (Wildman–Crippen MR) is 123 cm³/mol. The normalized spacial score (nSPS) is 16.4. The van der Waals surface area contributed by atoms with Crippen LogP contribution in [0, 0.1) is 6.92 Å². The van der Waals surface area contributed by atoms with Gasteiger partial charge < -0.3 is 14.6 Å². The van der Waals surface area contributed by atoms with Crippen molar-refractivity contribution in [3.8, 4) is 5.75 Å². The van der Waals surface area contributed by atoms with Crippen molar-refractivity contribution >= 4 is 11.6 Å². The number of piperazine rings is 1. The number of halogens is 1. The summed E-state index contributed by atoms with van der Waals surface area (Å²) in [6.45, 7) is 5.60.